The van der Waals surface area contributed by atoms with Crippen molar-refractivity contribution in [2.75, 3.05) is 0 Å². The molecule has 0 amide bonds. The fourth-order valence-electron chi connectivity index (χ4n) is 10.5. The van der Waals surface area contributed by atoms with E-state index in [9.17, 15) is 0 Å². The van der Waals surface area contributed by atoms with Crippen LogP contribution in [0.15, 0.2) is 371 Å². The van der Waals surface area contributed by atoms with E-state index < -0.39 is 23.0 Å². The summed E-state index contributed by atoms with van der Waals surface area (Å²) in [6.45, 7) is 2.29. The lowest BCUT2D eigenvalue weighted by atomic mass is 10.2. The molecule has 0 saturated heterocycles. The Hall–Kier alpha value is -11.9. The number of benzene rings is 12. The molecule has 1 aliphatic heterocycles. The van der Waals surface area contributed by atoms with Gasteiger partial charge in [-0.1, -0.05) is 268 Å². The minimum absolute atomic E-state index is 0.298. The molecule has 0 unspecified atom stereocenters. The molecule has 12 aromatic rings. The molecule has 0 atom stereocenters. The monoisotopic (exact) mass is 1400 g/mol. The minimum atomic E-state index is -4.67. The number of para-hydroxylation sites is 6. The van der Waals surface area contributed by atoms with Gasteiger partial charge in [-0.2, -0.15) is 0 Å². The van der Waals surface area contributed by atoms with Gasteiger partial charge >= 0.3 is 23.0 Å². The predicted molar refractivity (Wildman–Crippen MR) is 417 cm³/mol. The van der Waals surface area contributed by atoms with Crippen molar-refractivity contribution in [3.63, 3.8) is 0 Å². The van der Waals surface area contributed by atoms with Crippen LogP contribution in [0, 0.1) is 0 Å². The molecule has 0 spiro atoms. The first-order valence-corrected chi connectivity index (χ1v) is 37.8. The van der Waals surface area contributed by atoms with Crippen molar-refractivity contribution in [1.29, 1.82) is 0 Å². The molecule has 18 heteroatoms. The van der Waals surface area contributed by atoms with Crippen LogP contribution in [0.4, 0.5) is 0 Å². The van der Waals surface area contributed by atoms with E-state index in [1.54, 1.807) is 37.3 Å². The second-order valence-corrected chi connectivity index (χ2v) is 29.4. The Labute approximate surface area is 595 Å². The standard InChI is InChI=1S/C84H72N9O6P3/c1-7-31-67(32-8-1)55-85-61-73-43-19-25-49-79(73)94-100(95-80-50-26-20-44-74(80)62-86-56-68-33-9-2-10-34-68)91-101(96-81-51-27-21-45-75(81)63-87-57-69-35-11-3-12-36-69,97-82-52-28-22-46-76(82)64-88-58-70-37-13-4-14-38-70)93-102(92-100,98-83-53-29-23-47-77(83)65-89-59-71-39-15-5-16-40-71)99-84-54-30-24-48-78(84)66-90-60-72-41-17-6-18-42-72/h1-54,61-66H,55-60H2. The maximum absolute atomic E-state index is 7.74. The van der Waals surface area contributed by atoms with Crippen LogP contribution in [0.1, 0.15) is 66.8 Å². The molecule has 0 fully saturated rings. The Morgan fingerprint density at radius 3 is 0.480 bits per heavy atom. The summed E-state index contributed by atoms with van der Waals surface area (Å²) >= 11 is 0. The molecule has 0 aliphatic carbocycles. The predicted octanol–water partition coefficient (Wildman–Crippen LogP) is 22.0. The summed E-state index contributed by atoms with van der Waals surface area (Å²) in [4.78, 5) is 29.8. The summed E-state index contributed by atoms with van der Waals surface area (Å²) < 4.78 is 63.9. The Kier molecular flexibility index (Phi) is 23.4. The molecule has 1 aliphatic rings. The van der Waals surface area contributed by atoms with Crippen molar-refractivity contribution in [3.05, 3.63) is 394 Å². The number of hydrogen-bond donors (Lipinski definition) is 0. The van der Waals surface area contributed by atoms with Crippen molar-refractivity contribution in [2.45, 2.75) is 39.3 Å². The van der Waals surface area contributed by atoms with Crippen LogP contribution in [-0.4, -0.2) is 37.3 Å². The third kappa shape index (κ3) is 19.3. The average Bonchev–Trinajstić information content (AvgIpc) is 0.725. The molecule has 12 aromatic carbocycles. The zero-order valence-electron chi connectivity index (χ0n) is 55.7. The number of nitrogens with zero attached hydrogens (tertiary/aromatic N) is 9. The second-order valence-electron chi connectivity index (χ2n) is 23.2. The van der Waals surface area contributed by atoms with Crippen molar-refractivity contribution < 1.29 is 27.1 Å². The Morgan fingerprint density at radius 2 is 0.324 bits per heavy atom. The van der Waals surface area contributed by atoms with Crippen LogP contribution in [0.3, 0.4) is 0 Å². The molecule has 1 heterocycles. The largest absolute Gasteiger partial charge is 0.460 e. The van der Waals surface area contributed by atoms with E-state index >= 15 is 0 Å². The van der Waals surface area contributed by atoms with E-state index in [1.807, 2.05) is 328 Å². The number of aliphatic imine (C=N–C) groups is 6. The molecule has 0 bridgehead atoms. The maximum atomic E-state index is 7.74. The lowest BCUT2D eigenvalue weighted by Gasteiger charge is -2.34. The van der Waals surface area contributed by atoms with Crippen LogP contribution < -0.4 is 27.1 Å². The van der Waals surface area contributed by atoms with Crippen LogP contribution in [-0.2, 0) is 39.3 Å². The van der Waals surface area contributed by atoms with E-state index in [0.29, 0.717) is 107 Å². The van der Waals surface area contributed by atoms with Gasteiger partial charge in [0.25, 0.3) is 0 Å². The normalized spacial score (nSPS) is 16.6. The van der Waals surface area contributed by atoms with E-state index in [1.165, 1.54) is 0 Å². The molecular weight excluding hydrogens is 1320 g/mol. The first-order valence-electron chi connectivity index (χ1n) is 33.2. The molecule has 13 rings (SSSR count). The van der Waals surface area contributed by atoms with Crippen LogP contribution >= 0.6 is 23.0 Å². The SMILES string of the molecule is C(=NCc1ccccc1)c1ccccc1OP1(Oc2ccccc2C=NCc2ccccc2)=NP(Oc2ccccc2C=NCc2ccccc2)(Oc2ccccc2C=NCc2ccccc2)=NP(Oc2ccccc2C=NCc2ccccc2)(Oc2ccccc2C=NCc2ccccc2)=N1. The Balaban J connectivity index is 1.10. The topological polar surface area (TPSA) is 167 Å². The first-order chi connectivity index (χ1) is 50.4. The second kappa shape index (κ2) is 34.8. The summed E-state index contributed by atoms with van der Waals surface area (Å²) in [6.07, 6.45) is 10.6. The highest BCUT2D eigenvalue weighted by atomic mass is 31.3. The summed E-state index contributed by atoms with van der Waals surface area (Å²) in [5.41, 5.74) is 9.59. The van der Waals surface area contributed by atoms with Crippen LogP contribution in [0.2, 0.25) is 0 Å². The van der Waals surface area contributed by atoms with Gasteiger partial charge in [-0.25, -0.2) is 0 Å². The van der Waals surface area contributed by atoms with E-state index in [2.05, 4.69) is 0 Å². The molecular formula is C84H72N9O6P3. The van der Waals surface area contributed by atoms with Crippen LogP contribution in [0.5, 0.6) is 34.5 Å². The quantitative estimate of drug-likeness (QED) is 0.0321. The third-order valence-electron chi connectivity index (χ3n) is 15.6. The first kappa shape index (κ1) is 68.7. The zero-order valence-corrected chi connectivity index (χ0v) is 58.4. The summed E-state index contributed by atoms with van der Waals surface area (Å²) in [7, 11) is -14.0. The molecule has 504 valence electrons. The molecule has 0 radical (unpaired) electrons. The van der Waals surface area contributed by atoms with Gasteiger partial charge in [0.1, 0.15) is 34.5 Å². The van der Waals surface area contributed by atoms with Gasteiger partial charge in [0.2, 0.25) is 0 Å². The van der Waals surface area contributed by atoms with Gasteiger partial charge in [0.05, 0.1) is 39.3 Å². The molecule has 0 aromatic heterocycles. The van der Waals surface area contributed by atoms with Gasteiger partial charge in [-0.05, 0) is 106 Å². The maximum Gasteiger partial charge on any atom is 0.460 e. The highest BCUT2D eigenvalue weighted by Crippen LogP contribution is 2.79. The highest BCUT2D eigenvalue weighted by molar-refractivity contribution is 7.79. The molecule has 0 N–H and O–H groups in total. The Bertz CT molecular complexity index is 4300. The van der Waals surface area contributed by atoms with Crippen molar-refractivity contribution >= 4 is 60.3 Å². The van der Waals surface area contributed by atoms with Crippen LogP contribution in [0.25, 0.3) is 0 Å². The van der Waals surface area contributed by atoms with E-state index in [-0.39, 0.29) is 0 Å². The van der Waals surface area contributed by atoms with Crippen molar-refractivity contribution in [2.24, 2.45) is 43.5 Å². The summed E-state index contributed by atoms with van der Waals surface area (Å²) in [5.74, 6) is 1.79. The smallest absolute Gasteiger partial charge is 0.413 e. The van der Waals surface area contributed by atoms with Gasteiger partial charge in [0, 0.05) is 70.7 Å². The fourth-order valence-corrected chi connectivity index (χ4v) is 19.8. The average molecular weight is 1400 g/mol. The summed E-state index contributed by atoms with van der Waals surface area (Å²) in [6, 6.07) is 105. The Morgan fingerprint density at radius 1 is 0.186 bits per heavy atom. The highest BCUT2D eigenvalue weighted by Gasteiger charge is 2.50. The fraction of sp³-hybridized carbons (Fsp3) is 0.0714. The number of hydrogen-bond acceptors (Lipinski definition) is 15. The van der Waals surface area contributed by atoms with Gasteiger partial charge in [0.15, 0.2) is 0 Å². The lowest BCUT2D eigenvalue weighted by Crippen LogP contribution is -2.13. The van der Waals surface area contributed by atoms with Gasteiger partial charge < -0.3 is 27.1 Å². The van der Waals surface area contributed by atoms with E-state index in [4.69, 9.17) is 70.6 Å². The molecule has 15 nitrogen and oxygen atoms in total. The third-order valence-corrected chi connectivity index (χ3v) is 23.6. The molecule has 102 heavy (non-hydrogen) atoms. The van der Waals surface area contributed by atoms with Gasteiger partial charge in [-0.3, -0.25) is 30.0 Å². The van der Waals surface area contributed by atoms with Crippen molar-refractivity contribution in [1.82, 2.24) is 0 Å². The van der Waals surface area contributed by atoms with Crippen molar-refractivity contribution in [3.8, 4) is 34.5 Å². The van der Waals surface area contributed by atoms with E-state index in [0.717, 1.165) is 33.4 Å². The molecule has 0 saturated carbocycles. The zero-order chi connectivity index (χ0) is 69.2. The summed E-state index contributed by atoms with van der Waals surface area (Å²) in [5, 5.41) is 0. The van der Waals surface area contributed by atoms with Gasteiger partial charge in [-0.15, -0.1) is 0 Å². The minimum Gasteiger partial charge on any atom is -0.413 e. The lowest BCUT2D eigenvalue weighted by molar-refractivity contribution is 0.442. The number of rotatable bonds is 30.